The summed E-state index contributed by atoms with van der Waals surface area (Å²) in [4.78, 5) is 20.0. The molecule has 1 rings (SSSR count). The van der Waals surface area contributed by atoms with E-state index in [9.17, 15) is 9.59 Å². The van der Waals surface area contributed by atoms with E-state index >= 15 is 0 Å². The Balaban J connectivity index is 0.000000255. The molecule has 0 amide bonds. The highest BCUT2D eigenvalue weighted by Crippen LogP contribution is 2.24. The number of carbonyl (C=O) groups is 2. The Hall–Kier alpha value is -1.32. The molecule has 1 aliphatic rings. The molecule has 0 aromatic carbocycles. The van der Waals surface area contributed by atoms with Crippen LogP contribution in [0.4, 0.5) is 0 Å². The van der Waals surface area contributed by atoms with Crippen molar-refractivity contribution in [2.24, 2.45) is 0 Å². The maximum absolute atomic E-state index is 10.4. The van der Waals surface area contributed by atoms with Crippen LogP contribution < -0.4 is 0 Å². The first kappa shape index (κ1) is 12.7. The van der Waals surface area contributed by atoms with Gasteiger partial charge in [0.1, 0.15) is 5.60 Å². The molecular weight excluding hydrogens is 184 g/mol. The Morgan fingerprint density at radius 1 is 1.57 bits per heavy atom. The number of hydrogen-bond donors (Lipinski definition) is 1. The lowest BCUT2D eigenvalue weighted by Gasteiger charge is -2.14. The molecule has 0 radical (unpaired) electrons. The van der Waals surface area contributed by atoms with E-state index in [1.165, 1.54) is 6.92 Å². The summed E-state index contributed by atoms with van der Waals surface area (Å²) in [6.07, 6.45) is 1.46. The maximum Gasteiger partial charge on any atom is 0.330 e. The van der Waals surface area contributed by atoms with E-state index in [2.05, 4.69) is 6.58 Å². The third-order valence-corrected chi connectivity index (χ3v) is 1.69. The average molecular weight is 200 g/mol. The number of cyclic esters (lactones) is 1. The highest BCUT2D eigenvalue weighted by molar-refractivity contribution is 5.84. The van der Waals surface area contributed by atoms with Crippen molar-refractivity contribution in [1.82, 2.24) is 0 Å². The Bertz CT molecular complexity index is 241. The van der Waals surface area contributed by atoms with Gasteiger partial charge in [-0.05, 0) is 27.2 Å². The molecule has 1 fully saturated rings. The molecule has 1 heterocycles. The van der Waals surface area contributed by atoms with Gasteiger partial charge in [-0.2, -0.15) is 0 Å². The predicted molar refractivity (Wildman–Crippen MR) is 51.9 cm³/mol. The Labute approximate surface area is 83.6 Å². The van der Waals surface area contributed by atoms with Crippen LogP contribution >= 0.6 is 0 Å². The summed E-state index contributed by atoms with van der Waals surface area (Å²) >= 11 is 0. The fourth-order valence-corrected chi connectivity index (χ4v) is 0.813. The van der Waals surface area contributed by atoms with Gasteiger partial charge in [0.05, 0.1) is 0 Å². The lowest BCUT2D eigenvalue weighted by atomic mass is 10.1. The Morgan fingerprint density at radius 3 is 2.07 bits per heavy atom. The number of aliphatic carboxylic acids is 1. The topological polar surface area (TPSA) is 63.6 Å². The van der Waals surface area contributed by atoms with Crippen LogP contribution in [0.3, 0.4) is 0 Å². The molecule has 0 unspecified atom stereocenters. The molecule has 1 N–H and O–H groups in total. The van der Waals surface area contributed by atoms with Gasteiger partial charge in [0.15, 0.2) is 0 Å². The fourth-order valence-electron chi connectivity index (χ4n) is 0.813. The van der Waals surface area contributed by atoms with Gasteiger partial charge in [0, 0.05) is 12.0 Å². The normalized spacial score (nSPS) is 17.8. The minimum absolute atomic E-state index is 0.0602. The van der Waals surface area contributed by atoms with E-state index in [0.717, 1.165) is 6.42 Å². The Kier molecular flexibility index (Phi) is 4.34. The zero-order valence-corrected chi connectivity index (χ0v) is 8.79. The molecule has 4 heteroatoms. The quantitative estimate of drug-likeness (QED) is 0.517. The van der Waals surface area contributed by atoms with Gasteiger partial charge in [-0.1, -0.05) is 6.58 Å². The molecule has 4 nitrogen and oxygen atoms in total. The molecule has 0 aromatic heterocycles. The van der Waals surface area contributed by atoms with Crippen LogP contribution in [0.1, 0.15) is 33.6 Å². The number of carbonyl (C=O) groups excluding carboxylic acids is 1. The number of carboxylic acids is 1. The summed E-state index contributed by atoms with van der Waals surface area (Å²) in [5.74, 6) is -0.995. The third-order valence-electron chi connectivity index (χ3n) is 1.69. The van der Waals surface area contributed by atoms with Gasteiger partial charge < -0.3 is 9.84 Å². The standard InChI is InChI=1S/C6H10O2.C4H6O2/c1-6(2)4-3-5(7)8-6;1-3(2)4(5)6/h3-4H2,1-2H3;1H2,2H3,(H,5,6). The lowest BCUT2D eigenvalue weighted by Crippen LogP contribution is -2.17. The highest BCUT2D eigenvalue weighted by Gasteiger charge is 2.30. The molecule has 1 aliphatic heterocycles. The van der Waals surface area contributed by atoms with Gasteiger partial charge in [0.25, 0.3) is 0 Å². The monoisotopic (exact) mass is 200 g/mol. The number of carboxylic acid groups (broad SMARTS) is 1. The number of esters is 1. The van der Waals surface area contributed by atoms with E-state index < -0.39 is 5.97 Å². The van der Waals surface area contributed by atoms with Gasteiger partial charge >= 0.3 is 11.9 Å². The van der Waals surface area contributed by atoms with Crippen LogP contribution in [0.5, 0.6) is 0 Å². The summed E-state index contributed by atoms with van der Waals surface area (Å²) in [5, 5.41) is 7.89. The van der Waals surface area contributed by atoms with Gasteiger partial charge in [-0.3, -0.25) is 4.79 Å². The van der Waals surface area contributed by atoms with Gasteiger partial charge in [-0.25, -0.2) is 4.79 Å². The molecule has 80 valence electrons. The van der Waals surface area contributed by atoms with Gasteiger partial charge in [-0.15, -0.1) is 0 Å². The van der Waals surface area contributed by atoms with E-state index in [1.807, 2.05) is 13.8 Å². The zero-order valence-electron chi connectivity index (χ0n) is 8.79. The van der Waals surface area contributed by atoms with Crippen molar-refractivity contribution in [2.75, 3.05) is 0 Å². The summed E-state index contributed by atoms with van der Waals surface area (Å²) < 4.78 is 4.91. The number of ether oxygens (including phenoxy) is 1. The molecular formula is C10H16O4. The highest BCUT2D eigenvalue weighted by atomic mass is 16.6. The minimum Gasteiger partial charge on any atom is -0.478 e. The molecule has 0 aromatic rings. The van der Waals surface area contributed by atoms with Crippen molar-refractivity contribution >= 4 is 11.9 Å². The third kappa shape index (κ3) is 5.35. The van der Waals surface area contributed by atoms with E-state index in [-0.39, 0.29) is 17.1 Å². The fraction of sp³-hybridized carbons (Fsp3) is 0.600. The van der Waals surface area contributed by atoms with Crippen molar-refractivity contribution in [3.63, 3.8) is 0 Å². The second kappa shape index (κ2) is 4.79. The molecule has 0 saturated carbocycles. The SMILES string of the molecule is C=C(C)C(=O)O.CC1(C)CCC(=O)O1. The first-order valence-electron chi connectivity index (χ1n) is 4.35. The molecule has 0 aliphatic carbocycles. The first-order chi connectivity index (χ1) is 6.24. The Morgan fingerprint density at radius 2 is 2.00 bits per heavy atom. The smallest absolute Gasteiger partial charge is 0.330 e. The lowest BCUT2D eigenvalue weighted by molar-refractivity contribution is -0.146. The van der Waals surface area contributed by atoms with E-state index in [0.29, 0.717) is 6.42 Å². The summed E-state index contributed by atoms with van der Waals surface area (Å²) in [6, 6.07) is 0. The van der Waals surface area contributed by atoms with E-state index in [1.54, 1.807) is 0 Å². The first-order valence-corrected chi connectivity index (χ1v) is 4.35. The van der Waals surface area contributed by atoms with Gasteiger partial charge in [0.2, 0.25) is 0 Å². The number of rotatable bonds is 1. The van der Waals surface area contributed by atoms with Crippen LogP contribution in [-0.4, -0.2) is 22.6 Å². The van der Waals surface area contributed by atoms with Crippen molar-refractivity contribution in [3.05, 3.63) is 12.2 Å². The second-order valence-corrected chi connectivity index (χ2v) is 3.82. The zero-order chi connectivity index (χ0) is 11.4. The summed E-state index contributed by atoms with van der Waals surface area (Å²) in [6.45, 7) is 8.46. The average Bonchev–Trinajstić information content (AvgIpc) is 2.30. The molecule has 14 heavy (non-hydrogen) atoms. The largest absolute Gasteiger partial charge is 0.478 e. The van der Waals surface area contributed by atoms with Crippen LogP contribution in [-0.2, 0) is 14.3 Å². The second-order valence-electron chi connectivity index (χ2n) is 3.82. The van der Waals surface area contributed by atoms with Crippen molar-refractivity contribution in [3.8, 4) is 0 Å². The number of hydrogen-bond acceptors (Lipinski definition) is 3. The predicted octanol–water partition coefficient (Wildman–Crippen LogP) is 1.75. The van der Waals surface area contributed by atoms with Crippen molar-refractivity contribution in [2.45, 2.75) is 39.2 Å². The molecule has 1 saturated heterocycles. The molecule has 0 bridgehead atoms. The van der Waals surface area contributed by atoms with Crippen molar-refractivity contribution < 1.29 is 19.4 Å². The van der Waals surface area contributed by atoms with E-state index in [4.69, 9.17) is 9.84 Å². The van der Waals surface area contributed by atoms with Crippen LogP contribution in [0.2, 0.25) is 0 Å². The molecule has 0 spiro atoms. The minimum atomic E-state index is -0.935. The maximum atomic E-state index is 10.4. The summed E-state index contributed by atoms with van der Waals surface area (Å²) in [5.41, 5.74) is -0.00752. The van der Waals surface area contributed by atoms with Crippen LogP contribution in [0.15, 0.2) is 12.2 Å². The van der Waals surface area contributed by atoms with Crippen LogP contribution in [0.25, 0.3) is 0 Å². The van der Waals surface area contributed by atoms with Crippen molar-refractivity contribution in [1.29, 1.82) is 0 Å². The summed E-state index contributed by atoms with van der Waals surface area (Å²) in [7, 11) is 0. The van der Waals surface area contributed by atoms with Crippen LogP contribution in [0, 0.1) is 0 Å². The molecule has 0 atom stereocenters.